The van der Waals surface area contributed by atoms with Crippen molar-refractivity contribution in [2.75, 3.05) is 6.54 Å². The van der Waals surface area contributed by atoms with Gasteiger partial charge >= 0.3 is 0 Å². The molecule has 0 bridgehead atoms. The third-order valence-electron chi connectivity index (χ3n) is 4.79. The maximum atomic E-state index is 10.0. The van der Waals surface area contributed by atoms with Crippen LogP contribution < -0.4 is 5.32 Å². The molecule has 0 spiro atoms. The lowest BCUT2D eigenvalue weighted by atomic mass is 9.85. The Hall–Kier alpha value is -0.940. The molecule has 2 N–H and O–H groups in total. The lowest BCUT2D eigenvalue weighted by Crippen LogP contribution is -2.39. The fourth-order valence-electron chi connectivity index (χ4n) is 2.88. The van der Waals surface area contributed by atoms with Crippen LogP contribution in [0.15, 0.2) is 4.52 Å². The molecule has 2 rings (SSSR count). The third kappa shape index (κ3) is 4.51. The van der Waals surface area contributed by atoms with Crippen LogP contribution in [0.2, 0.25) is 0 Å². The number of hydrogen-bond donors (Lipinski definition) is 2. The van der Waals surface area contributed by atoms with Gasteiger partial charge in [-0.05, 0) is 31.6 Å². The van der Waals surface area contributed by atoms with Crippen LogP contribution in [0.5, 0.6) is 0 Å². The molecular formula is C16H29N3O2. The van der Waals surface area contributed by atoms with Crippen molar-refractivity contribution in [3.8, 4) is 0 Å². The van der Waals surface area contributed by atoms with Gasteiger partial charge < -0.3 is 14.9 Å². The standard InChI is InChI=1S/C16H29N3O2/c1-4-11(3)14(20)10-17-13-8-6-12(7-9-13)16-18-15(5-2)19-21-16/h11-14,17,20H,4-10H2,1-3H3. The van der Waals surface area contributed by atoms with E-state index in [-0.39, 0.29) is 6.10 Å². The summed E-state index contributed by atoms with van der Waals surface area (Å²) in [5.41, 5.74) is 0. The number of aryl methyl sites for hydroxylation is 1. The Labute approximate surface area is 127 Å². The first-order valence-corrected chi connectivity index (χ1v) is 8.37. The van der Waals surface area contributed by atoms with Crippen LogP contribution in [0.1, 0.15) is 70.5 Å². The van der Waals surface area contributed by atoms with Crippen LogP contribution in [0.3, 0.4) is 0 Å². The highest BCUT2D eigenvalue weighted by atomic mass is 16.5. The highest BCUT2D eigenvalue weighted by Crippen LogP contribution is 2.32. The molecule has 1 aliphatic carbocycles. The Morgan fingerprint density at radius 3 is 2.57 bits per heavy atom. The first-order chi connectivity index (χ1) is 10.1. The van der Waals surface area contributed by atoms with E-state index in [1.54, 1.807) is 0 Å². The molecule has 5 heteroatoms. The van der Waals surface area contributed by atoms with Crippen LogP contribution in [0, 0.1) is 5.92 Å². The molecule has 1 saturated carbocycles. The largest absolute Gasteiger partial charge is 0.392 e. The van der Waals surface area contributed by atoms with Crippen LogP contribution in [-0.4, -0.2) is 33.9 Å². The summed E-state index contributed by atoms with van der Waals surface area (Å²) in [6.45, 7) is 6.96. The Balaban J connectivity index is 1.73. The van der Waals surface area contributed by atoms with E-state index in [4.69, 9.17) is 4.52 Å². The second-order valence-electron chi connectivity index (χ2n) is 6.31. The van der Waals surface area contributed by atoms with E-state index in [1.807, 2.05) is 6.92 Å². The van der Waals surface area contributed by atoms with Gasteiger partial charge in [0.05, 0.1) is 6.10 Å². The summed E-state index contributed by atoms with van der Waals surface area (Å²) >= 11 is 0. The Morgan fingerprint density at radius 1 is 1.29 bits per heavy atom. The summed E-state index contributed by atoms with van der Waals surface area (Å²) in [7, 11) is 0. The minimum absolute atomic E-state index is 0.240. The molecule has 1 heterocycles. The highest BCUT2D eigenvalue weighted by molar-refractivity contribution is 4.97. The molecule has 0 amide bonds. The molecule has 0 radical (unpaired) electrons. The minimum atomic E-state index is -0.240. The van der Waals surface area contributed by atoms with E-state index in [0.29, 0.717) is 24.4 Å². The maximum Gasteiger partial charge on any atom is 0.229 e. The number of nitrogens with one attached hydrogen (secondary N) is 1. The van der Waals surface area contributed by atoms with Gasteiger partial charge in [0.1, 0.15) is 0 Å². The number of aliphatic hydroxyl groups excluding tert-OH is 1. The molecule has 1 aromatic heterocycles. The summed E-state index contributed by atoms with van der Waals surface area (Å²) < 4.78 is 5.35. The van der Waals surface area contributed by atoms with E-state index in [1.165, 1.54) is 0 Å². The van der Waals surface area contributed by atoms with E-state index < -0.39 is 0 Å². The van der Waals surface area contributed by atoms with Gasteiger partial charge in [-0.2, -0.15) is 4.98 Å². The van der Waals surface area contributed by atoms with Crippen molar-refractivity contribution in [3.63, 3.8) is 0 Å². The SMILES string of the molecule is CCc1noc(C2CCC(NCC(O)C(C)CC)CC2)n1. The van der Waals surface area contributed by atoms with Gasteiger partial charge in [0, 0.05) is 24.9 Å². The van der Waals surface area contributed by atoms with E-state index in [9.17, 15) is 5.11 Å². The van der Waals surface area contributed by atoms with Gasteiger partial charge in [0.2, 0.25) is 5.89 Å². The zero-order valence-electron chi connectivity index (χ0n) is 13.5. The summed E-state index contributed by atoms with van der Waals surface area (Å²) in [5, 5.41) is 17.5. The van der Waals surface area contributed by atoms with Crippen molar-refractivity contribution in [3.05, 3.63) is 11.7 Å². The molecule has 5 nitrogen and oxygen atoms in total. The molecule has 0 aliphatic heterocycles. The highest BCUT2D eigenvalue weighted by Gasteiger charge is 2.26. The van der Waals surface area contributed by atoms with E-state index >= 15 is 0 Å². The Bertz CT molecular complexity index is 413. The maximum absolute atomic E-state index is 10.0. The van der Waals surface area contributed by atoms with E-state index in [2.05, 4.69) is 29.3 Å². The summed E-state index contributed by atoms with van der Waals surface area (Å²) in [6, 6.07) is 0.508. The first-order valence-electron chi connectivity index (χ1n) is 8.37. The van der Waals surface area contributed by atoms with Gasteiger partial charge in [-0.1, -0.05) is 32.3 Å². The lowest BCUT2D eigenvalue weighted by Gasteiger charge is -2.29. The normalized spacial score (nSPS) is 25.7. The fourth-order valence-corrected chi connectivity index (χ4v) is 2.88. The van der Waals surface area contributed by atoms with Gasteiger partial charge in [-0.3, -0.25) is 0 Å². The molecule has 2 atom stereocenters. The Kier molecular flexibility index (Phi) is 6.18. The number of aliphatic hydroxyl groups is 1. The molecule has 120 valence electrons. The summed E-state index contributed by atoms with van der Waals surface area (Å²) in [5.74, 6) is 2.39. The van der Waals surface area contributed by atoms with Crippen molar-refractivity contribution >= 4 is 0 Å². The minimum Gasteiger partial charge on any atom is -0.392 e. The average molecular weight is 295 g/mol. The van der Waals surface area contributed by atoms with Crippen molar-refractivity contribution < 1.29 is 9.63 Å². The van der Waals surface area contributed by atoms with Crippen molar-refractivity contribution in [2.45, 2.75) is 77.4 Å². The number of hydrogen-bond acceptors (Lipinski definition) is 5. The van der Waals surface area contributed by atoms with Crippen LogP contribution in [0.25, 0.3) is 0 Å². The monoisotopic (exact) mass is 295 g/mol. The van der Waals surface area contributed by atoms with Crippen LogP contribution in [-0.2, 0) is 6.42 Å². The third-order valence-corrected chi connectivity index (χ3v) is 4.79. The van der Waals surface area contributed by atoms with Gasteiger partial charge in [0.15, 0.2) is 5.82 Å². The predicted octanol–water partition coefficient (Wildman–Crippen LogP) is 2.65. The molecule has 0 saturated heterocycles. The Morgan fingerprint density at radius 2 is 2.00 bits per heavy atom. The van der Waals surface area contributed by atoms with Gasteiger partial charge in [-0.15, -0.1) is 0 Å². The summed E-state index contributed by atoms with van der Waals surface area (Å²) in [4.78, 5) is 4.45. The van der Waals surface area contributed by atoms with Gasteiger partial charge in [0.25, 0.3) is 0 Å². The molecule has 1 aromatic rings. The predicted molar refractivity (Wildman–Crippen MR) is 82.1 cm³/mol. The zero-order valence-corrected chi connectivity index (χ0v) is 13.5. The second-order valence-corrected chi connectivity index (χ2v) is 6.31. The van der Waals surface area contributed by atoms with E-state index in [0.717, 1.165) is 50.2 Å². The molecule has 0 aromatic carbocycles. The van der Waals surface area contributed by atoms with Crippen LogP contribution >= 0.6 is 0 Å². The van der Waals surface area contributed by atoms with Gasteiger partial charge in [-0.25, -0.2) is 0 Å². The quantitative estimate of drug-likeness (QED) is 0.809. The fraction of sp³-hybridized carbons (Fsp3) is 0.875. The average Bonchev–Trinajstić information content (AvgIpc) is 3.01. The van der Waals surface area contributed by atoms with Crippen molar-refractivity contribution in [1.29, 1.82) is 0 Å². The second kappa shape index (κ2) is 7.90. The number of aromatic nitrogens is 2. The first kappa shape index (κ1) is 16.4. The zero-order chi connectivity index (χ0) is 15.2. The molecular weight excluding hydrogens is 266 g/mol. The molecule has 2 unspecified atom stereocenters. The number of rotatable bonds is 7. The number of nitrogens with zero attached hydrogens (tertiary/aromatic N) is 2. The topological polar surface area (TPSA) is 71.2 Å². The lowest BCUT2D eigenvalue weighted by molar-refractivity contribution is 0.106. The smallest absolute Gasteiger partial charge is 0.229 e. The van der Waals surface area contributed by atoms with Crippen LogP contribution in [0.4, 0.5) is 0 Å². The molecule has 1 aliphatic rings. The summed E-state index contributed by atoms with van der Waals surface area (Å²) in [6.07, 6.45) is 6.00. The van der Waals surface area contributed by atoms with Crippen molar-refractivity contribution in [1.82, 2.24) is 15.5 Å². The molecule has 21 heavy (non-hydrogen) atoms. The molecule has 1 fully saturated rings. The van der Waals surface area contributed by atoms with Crippen molar-refractivity contribution in [2.24, 2.45) is 5.92 Å².